The Morgan fingerprint density at radius 2 is 1.44 bits per heavy atom. The van der Waals surface area contributed by atoms with Gasteiger partial charge in [-0.1, -0.05) is 32.1 Å². The van der Waals surface area contributed by atoms with Crippen LogP contribution in [-0.4, -0.2) is 18.3 Å². The van der Waals surface area contributed by atoms with Crippen LogP contribution >= 0.6 is 0 Å². The summed E-state index contributed by atoms with van der Waals surface area (Å²) in [5.41, 5.74) is 0.751. The third-order valence-electron chi connectivity index (χ3n) is 4.04. The van der Waals surface area contributed by atoms with Crippen LogP contribution in [0.4, 0.5) is 0 Å². The van der Waals surface area contributed by atoms with Crippen molar-refractivity contribution in [2.75, 3.05) is 0 Å². The van der Waals surface area contributed by atoms with E-state index in [1.807, 2.05) is 0 Å². The minimum absolute atomic E-state index is 0.0428. The molecule has 0 N–H and O–H groups in total. The lowest BCUT2D eigenvalue weighted by Gasteiger charge is -2.32. The summed E-state index contributed by atoms with van der Waals surface area (Å²) < 4.78 is 12.1. The number of rotatable bonds is 1. The summed E-state index contributed by atoms with van der Waals surface area (Å²) in [6, 6.07) is 0. The van der Waals surface area contributed by atoms with Gasteiger partial charge in [0.2, 0.25) is 0 Å². The van der Waals surface area contributed by atoms with Crippen LogP contribution in [0.3, 0.4) is 0 Å². The molecule has 16 heavy (non-hydrogen) atoms. The van der Waals surface area contributed by atoms with E-state index >= 15 is 0 Å². The van der Waals surface area contributed by atoms with E-state index in [9.17, 15) is 0 Å². The highest BCUT2D eigenvalue weighted by molar-refractivity contribution is 6.55. The van der Waals surface area contributed by atoms with Gasteiger partial charge in [0.15, 0.2) is 0 Å². The van der Waals surface area contributed by atoms with Gasteiger partial charge in [0.05, 0.1) is 11.2 Å². The van der Waals surface area contributed by atoms with E-state index in [-0.39, 0.29) is 23.7 Å². The molecule has 0 aromatic heterocycles. The van der Waals surface area contributed by atoms with Gasteiger partial charge in [0.25, 0.3) is 0 Å². The normalized spacial score (nSPS) is 29.6. The maximum Gasteiger partial charge on any atom is 0.491 e. The summed E-state index contributed by atoms with van der Waals surface area (Å²) in [5, 5.41) is 0. The summed E-state index contributed by atoms with van der Waals surface area (Å²) in [5.74, 6) is 0. The second-order valence-electron chi connectivity index (χ2n) is 6.29. The van der Waals surface area contributed by atoms with Crippen molar-refractivity contribution >= 4 is 7.12 Å². The first-order valence-corrected chi connectivity index (χ1v) is 5.91. The lowest BCUT2D eigenvalue weighted by molar-refractivity contribution is 0.00578. The van der Waals surface area contributed by atoms with Gasteiger partial charge in [0, 0.05) is 5.41 Å². The molecule has 2 rings (SSSR count). The predicted molar refractivity (Wildman–Crippen MR) is 67.1 cm³/mol. The first-order chi connectivity index (χ1) is 7.16. The van der Waals surface area contributed by atoms with Gasteiger partial charge >= 0.3 is 7.12 Å². The maximum atomic E-state index is 6.05. The van der Waals surface area contributed by atoms with Crippen LogP contribution in [0.15, 0.2) is 23.7 Å². The van der Waals surface area contributed by atoms with Gasteiger partial charge in [-0.3, -0.25) is 0 Å². The van der Waals surface area contributed by atoms with E-state index in [2.05, 4.69) is 59.8 Å². The molecule has 1 saturated heterocycles. The third-order valence-corrected chi connectivity index (χ3v) is 4.04. The van der Waals surface area contributed by atoms with Crippen LogP contribution in [0.5, 0.6) is 0 Å². The Kier molecular flexibility index (Phi) is 2.41. The summed E-state index contributed by atoms with van der Waals surface area (Å²) >= 11 is 0. The van der Waals surface area contributed by atoms with Gasteiger partial charge in [0.1, 0.15) is 0 Å². The minimum Gasteiger partial charge on any atom is -0.400 e. The second-order valence-corrected chi connectivity index (χ2v) is 6.29. The SMILES string of the molecule is CC1(C)C=CC=C1B1OC(C)(C)C(C)(C)O1. The molecule has 0 unspecified atom stereocenters. The van der Waals surface area contributed by atoms with Crippen molar-refractivity contribution in [3.63, 3.8) is 0 Å². The fourth-order valence-corrected chi connectivity index (χ4v) is 2.06. The first kappa shape index (κ1) is 11.9. The molecule has 88 valence electrons. The first-order valence-electron chi connectivity index (χ1n) is 5.91. The molecular weight excluding hydrogens is 199 g/mol. The van der Waals surface area contributed by atoms with Crippen molar-refractivity contribution in [2.24, 2.45) is 5.41 Å². The van der Waals surface area contributed by atoms with Gasteiger partial charge in [-0.2, -0.15) is 0 Å². The number of hydrogen-bond donors (Lipinski definition) is 0. The molecular formula is C13H21BO2. The molecule has 1 aliphatic heterocycles. The molecule has 0 aromatic carbocycles. The van der Waals surface area contributed by atoms with Crippen LogP contribution in [0.2, 0.25) is 0 Å². The standard InChI is InChI=1S/C13H21BO2/c1-11(2)9-7-8-10(11)14-15-12(3,4)13(5,6)16-14/h7-9H,1-6H3. The molecule has 0 amide bonds. The topological polar surface area (TPSA) is 18.5 Å². The minimum atomic E-state index is -0.253. The molecule has 0 spiro atoms. The predicted octanol–water partition coefficient (Wildman–Crippen LogP) is 3.14. The van der Waals surface area contributed by atoms with Gasteiger partial charge in [-0.15, -0.1) is 0 Å². The largest absolute Gasteiger partial charge is 0.491 e. The van der Waals surface area contributed by atoms with Crippen molar-refractivity contribution in [2.45, 2.75) is 52.7 Å². The van der Waals surface area contributed by atoms with Crippen LogP contribution < -0.4 is 0 Å². The van der Waals surface area contributed by atoms with Gasteiger partial charge < -0.3 is 9.31 Å². The van der Waals surface area contributed by atoms with E-state index in [0.717, 1.165) is 0 Å². The van der Waals surface area contributed by atoms with E-state index in [0.29, 0.717) is 0 Å². The fraction of sp³-hybridized carbons (Fsp3) is 0.692. The lowest BCUT2D eigenvalue weighted by Crippen LogP contribution is -2.41. The van der Waals surface area contributed by atoms with Gasteiger partial charge in [-0.05, 0) is 33.2 Å². The van der Waals surface area contributed by atoms with Crippen molar-refractivity contribution in [1.29, 1.82) is 0 Å². The van der Waals surface area contributed by atoms with Crippen molar-refractivity contribution < 1.29 is 9.31 Å². The monoisotopic (exact) mass is 220 g/mol. The van der Waals surface area contributed by atoms with Crippen LogP contribution in [0, 0.1) is 5.41 Å². The zero-order valence-corrected chi connectivity index (χ0v) is 11.1. The molecule has 0 bridgehead atoms. The molecule has 0 radical (unpaired) electrons. The van der Waals surface area contributed by atoms with Crippen molar-refractivity contribution in [3.8, 4) is 0 Å². The summed E-state index contributed by atoms with van der Waals surface area (Å²) in [6.07, 6.45) is 6.38. The highest BCUT2D eigenvalue weighted by Crippen LogP contribution is 2.44. The molecule has 1 heterocycles. The van der Waals surface area contributed by atoms with Gasteiger partial charge in [-0.25, -0.2) is 0 Å². The van der Waals surface area contributed by atoms with Crippen molar-refractivity contribution in [1.82, 2.24) is 0 Å². The number of allylic oxidation sites excluding steroid dienone is 4. The molecule has 1 fully saturated rings. The highest BCUT2D eigenvalue weighted by atomic mass is 16.7. The molecule has 2 nitrogen and oxygen atoms in total. The Hall–Kier alpha value is -0.535. The zero-order valence-electron chi connectivity index (χ0n) is 11.1. The highest BCUT2D eigenvalue weighted by Gasteiger charge is 2.54. The van der Waals surface area contributed by atoms with E-state index in [4.69, 9.17) is 9.31 Å². The van der Waals surface area contributed by atoms with E-state index < -0.39 is 0 Å². The Bertz CT molecular complexity index is 348. The molecule has 1 aliphatic carbocycles. The zero-order chi connectivity index (χ0) is 12.2. The molecule has 0 aromatic rings. The summed E-state index contributed by atoms with van der Waals surface area (Å²) in [4.78, 5) is 0. The van der Waals surface area contributed by atoms with Crippen LogP contribution in [-0.2, 0) is 9.31 Å². The molecule has 0 saturated carbocycles. The Morgan fingerprint density at radius 1 is 0.938 bits per heavy atom. The summed E-state index contributed by atoms with van der Waals surface area (Å²) in [7, 11) is -0.213. The second kappa shape index (κ2) is 3.24. The quantitative estimate of drug-likeness (QED) is 0.632. The third kappa shape index (κ3) is 1.66. The fourth-order valence-electron chi connectivity index (χ4n) is 2.06. The summed E-state index contributed by atoms with van der Waals surface area (Å²) in [6.45, 7) is 12.7. The molecule has 2 aliphatic rings. The average molecular weight is 220 g/mol. The smallest absolute Gasteiger partial charge is 0.400 e. The lowest BCUT2D eigenvalue weighted by atomic mass is 9.66. The van der Waals surface area contributed by atoms with Crippen LogP contribution in [0.1, 0.15) is 41.5 Å². The van der Waals surface area contributed by atoms with Crippen LogP contribution in [0.25, 0.3) is 0 Å². The number of hydrogen-bond acceptors (Lipinski definition) is 2. The molecule has 3 heteroatoms. The van der Waals surface area contributed by atoms with Crippen molar-refractivity contribution in [3.05, 3.63) is 23.7 Å². The maximum absolute atomic E-state index is 6.05. The average Bonchev–Trinajstić information content (AvgIpc) is 2.50. The Morgan fingerprint density at radius 3 is 1.81 bits per heavy atom. The molecule has 0 atom stereocenters. The van der Waals surface area contributed by atoms with E-state index in [1.54, 1.807) is 0 Å². The van der Waals surface area contributed by atoms with E-state index in [1.165, 1.54) is 5.47 Å². The Balaban J connectivity index is 2.23. The Labute approximate surface area is 98.8 Å².